The zero-order valence-corrected chi connectivity index (χ0v) is 9.84. The highest BCUT2D eigenvalue weighted by Gasteiger charge is 2.17. The van der Waals surface area contributed by atoms with Gasteiger partial charge in [0.15, 0.2) is 0 Å². The van der Waals surface area contributed by atoms with Crippen molar-refractivity contribution in [2.45, 2.75) is 19.4 Å². The average Bonchev–Trinajstić information content (AvgIpc) is 2.27. The van der Waals surface area contributed by atoms with E-state index in [0.29, 0.717) is 0 Å². The van der Waals surface area contributed by atoms with Crippen molar-refractivity contribution in [3.8, 4) is 0 Å². The van der Waals surface area contributed by atoms with E-state index in [-0.39, 0.29) is 17.5 Å². The Hall–Kier alpha value is -2.37. The summed E-state index contributed by atoms with van der Waals surface area (Å²) in [5.41, 5.74) is 4.98. The lowest BCUT2D eigenvalue weighted by Crippen LogP contribution is -2.36. The molecular weight excluding hydrogens is 236 g/mol. The quantitative estimate of drug-likeness (QED) is 0.701. The van der Waals surface area contributed by atoms with Gasteiger partial charge in [0.2, 0.25) is 5.91 Å². The molecule has 1 aromatic carbocycles. The van der Waals surface area contributed by atoms with Gasteiger partial charge in [-0.05, 0) is 19.1 Å². The Morgan fingerprint density at radius 3 is 2.33 bits per heavy atom. The predicted molar refractivity (Wildman–Crippen MR) is 64.1 cm³/mol. The maximum absolute atomic E-state index is 11.8. The van der Waals surface area contributed by atoms with Crippen LogP contribution in [0, 0.1) is 0 Å². The van der Waals surface area contributed by atoms with Crippen LogP contribution in [0.4, 0.5) is 0 Å². The third kappa shape index (κ3) is 3.58. The molecule has 1 unspecified atom stereocenters. The second kappa shape index (κ2) is 5.81. The van der Waals surface area contributed by atoms with Gasteiger partial charge in [-0.15, -0.1) is 0 Å². The second-order valence-corrected chi connectivity index (χ2v) is 3.90. The lowest BCUT2D eigenvalue weighted by Gasteiger charge is -2.13. The van der Waals surface area contributed by atoms with Gasteiger partial charge in [0.05, 0.1) is 11.1 Å². The van der Waals surface area contributed by atoms with Crippen molar-refractivity contribution in [3.63, 3.8) is 0 Å². The standard InChI is InChI=1S/C12H14N2O4/c1-7(6-10(13)15)14-11(16)8-4-2-3-5-9(8)12(17)18/h2-5,7H,6H2,1H3,(H2,13,15)(H,14,16)(H,17,18). The molecule has 6 heteroatoms. The lowest BCUT2D eigenvalue weighted by atomic mass is 10.1. The molecule has 0 spiro atoms. The fourth-order valence-corrected chi connectivity index (χ4v) is 1.52. The SMILES string of the molecule is CC(CC(N)=O)NC(=O)c1ccccc1C(=O)O. The van der Waals surface area contributed by atoms with Crippen LogP contribution in [0.15, 0.2) is 24.3 Å². The average molecular weight is 250 g/mol. The number of hydrogen-bond donors (Lipinski definition) is 3. The molecule has 0 bridgehead atoms. The number of amides is 2. The molecule has 1 rings (SSSR count). The van der Waals surface area contributed by atoms with E-state index >= 15 is 0 Å². The molecule has 0 aromatic heterocycles. The maximum Gasteiger partial charge on any atom is 0.336 e. The predicted octanol–water partition coefficient (Wildman–Crippen LogP) is 0.378. The van der Waals surface area contributed by atoms with Gasteiger partial charge in [0.1, 0.15) is 0 Å². The zero-order valence-electron chi connectivity index (χ0n) is 9.84. The van der Waals surface area contributed by atoms with Crippen LogP contribution >= 0.6 is 0 Å². The summed E-state index contributed by atoms with van der Waals surface area (Å²) in [5.74, 6) is -2.25. The van der Waals surface area contributed by atoms with Crippen LogP contribution in [0.2, 0.25) is 0 Å². The molecule has 0 aliphatic carbocycles. The third-order valence-corrected chi connectivity index (χ3v) is 2.29. The summed E-state index contributed by atoms with van der Waals surface area (Å²) < 4.78 is 0. The highest BCUT2D eigenvalue weighted by atomic mass is 16.4. The first kappa shape index (κ1) is 13.7. The van der Waals surface area contributed by atoms with Gasteiger partial charge in [0.25, 0.3) is 5.91 Å². The van der Waals surface area contributed by atoms with Crippen LogP contribution in [0.5, 0.6) is 0 Å². The van der Waals surface area contributed by atoms with E-state index in [4.69, 9.17) is 10.8 Å². The van der Waals surface area contributed by atoms with E-state index in [1.54, 1.807) is 13.0 Å². The molecule has 0 saturated carbocycles. The summed E-state index contributed by atoms with van der Waals surface area (Å²) in [6.45, 7) is 1.62. The zero-order chi connectivity index (χ0) is 13.7. The summed E-state index contributed by atoms with van der Waals surface area (Å²) in [5, 5.41) is 11.5. The number of nitrogens with two attached hydrogens (primary N) is 1. The van der Waals surface area contributed by atoms with Crippen molar-refractivity contribution in [2.24, 2.45) is 5.73 Å². The first-order chi connectivity index (χ1) is 8.41. The van der Waals surface area contributed by atoms with Crippen LogP contribution in [0.3, 0.4) is 0 Å². The van der Waals surface area contributed by atoms with E-state index in [1.807, 2.05) is 0 Å². The minimum Gasteiger partial charge on any atom is -0.478 e. The number of carboxylic acids is 1. The maximum atomic E-state index is 11.8. The Kier molecular flexibility index (Phi) is 4.42. The van der Waals surface area contributed by atoms with Crippen molar-refractivity contribution in [1.29, 1.82) is 0 Å². The number of carboxylic acid groups (broad SMARTS) is 1. The molecule has 96 valence electrons. The molecule has 18 heavy (non-hydrogen) atoms. The lowest BCUT2D eigenvalue weighted by molar-refractivity contribution is -0.118. The Balaban J connectivity index is 2.84. The number of carbonyl (C=O) groups excluding carboxylic acids is 2. The van der Waals surface area contributed by atoms with Crippen LogP contribution in [-0.2, 0) is 4.79 Å². The number of hydrogen-bond acceptors (Lipinski definition) is 3. The molecule has 2 amide bonds. The van der Waals surface area contributed by atoms with Crippen molar-refractivity contribution in [1.82, 2.24) is 5.32 Å². The normalized spacial score (nSPS) is 11.6. The molecule has 0 aliphatic heterocycles. The van der Waals surface area contributed by atoms with Crippen molar-refractivity contribution in [3.05, 3.63) is 35.4 Å². The minimum absolute atomic E-state index is 0.000971. The minimum atomic E-state index is -1.18. The van der Waals surface area contributed by atoms with E-state index in [1.165, 1.54) is 18.2 Å². The van der Waals surface area contributed by atoms with Gasteiger partial charge in [0, 0.05) is 12.5 Å². The molecule has 0 radical (unpaired) electrons. The first-order valence-electron chi connectivity index (χ1n) is 5.33. The van der Waals surface area contributed by atoms with E-state index in [9.17, 15) is 14.4 Å². The van der Waals surface area contributed by atoms with Gasteiger partial charge in [-0.3, -0.25) is 9.59 Å². The first-order valence-corrected chi connectivity index (χ1v) is 5.33. The molecule has 0 aliphatic rings. The summed E-state index contributed by atoms with van der Waals surface area (Å²) in [7, 11) is 0. The smallest absolute Gasteiger partial charge is 0.336 e. The van der Waals surface area contributed by atoms with Crippen LogP contribution in [0.1, 0.15) is 34.1 Å². The monoisotopic (exact) mass is 250 g/mol. The van der Waals surface area contributed by atoms with Gasteiger partial charge >= 0.3 is 5.97 Å². The highest BCUT2D eigenvalue weighted by Crippen LogP contribution is 2.09. The second-order valence-electron chi connectivity index (χ2n) is 3.90. The number of aromatic carboxylic acids is 1. The molecule has 0 heterocycles. The van der Waals surface area contributed by atoms with Gasteiger partial charge in [-0.25, -0.2) is 4.79 Å². The molecule has 1 atom stereocenters. The Labute approximate surface area is 104 Å². The Bertz CT molecular complexity index is 485. The van der Waals surface area contributed by atoms with Crippen LogP contribution in [-0.4, -0.2) is 28.9 Å². The Morgan fingerprint density at radius 2 is 1.83 bits per heavy atom. The summed E-state index contributed by atoms with van der Waals surface area (Å²) in [4.78, 5) is 33.5. The summed E-state index contributed by atoms with van der Waals surface area (Å²) in [6.07, 6.45) is 0.000971. The van der Waals surface area contributed by atoms with Crippen LogP contribution < -0.4 is 11.1 Å². The highest BCUT2D eigenvalue weighted by molar-refractivity contribution is 6.04. The van der Waals surface area contributed by atoms with E-state index in [2.05, 4.69) is 5.32 Å². The topological polar surface area (TPSA) is 109 Å². The Morgan fingerprint density at radius 1 is 1.28 bits per heavy atom. The number of primary amides is 1. The molecular formula is C12H14N2O4. The number of rotatable bonds is 5. The largest absolute Gasteiger partial charge is 0.478 e. The summed E-state index contributed by atoms with van der Waals surface area (Å²) >= 11 is 0. The van der Waals surface area contributed by atoms with Gasteiger partial charge in [-0.2, -0.15) is 0 Å². The summed E-state index contributed by atoms with van der Waals surface area (Å²) in [6, 6.07) is 5.41. The molecule has 1 aromatic rings. The molecule has 4 N–H and O–H groups in total. The van der Waals surface area contributed by atoms with Crippen LogP contribution in [0.25, 0.3) is 0 Å². The fourth-order valence-electron chi connectivity index (χ4n) is 1.52. The van der Waals surface area contributed by atoms with Gasteiger partial charge in [-0.1, -0.05) is 12.1 Å². The number of carbonyl (C=O) groups is 3. The van der Waals surface area contributed by atoms with Crippen molar-refractivity contribution >= 4 is 17.8 Å². The third-order valence-electron chi connectivity index (χ3n) is 2.29. The molecule has 6 nitrogen and oxygen atoms in total. The molecule has 0 saturated heterocycles. The fraction of sp³-hybridized carbons (Fsp3) is 0.250. The van der Waals surface area contributed by atoms with Crippen molar-refractivity contribution in [2.75, 3.05) is 0 Å². The number of nitrogens with one attached hydrogen (secondary N) is 1. The van der Waals surface area contributed by atoms with E-state index in [0.717, 1.165) is 0 Å². The molecule has 0 fully saturated rings. The van der Waals surface area contributed by atoms with Crippen molar-refractivity contribution < 1.29 is 19.5 Å². The number of benzene rings is 1. The van der Waals surface area contributed by atoms with E-state index < -0.39 is 23.8 Å². The van der Waals surface area contributed by atoms with Gasteiger partial charge < -0.3 is 16.2 Å².